The molecular formula is C14H25NO4S. The normalized spacial score (nSPS) is 21.1. The van der Waals surface area contributed by atoms with Crippen LogP contribution >= 0.6 is 0 Å². The third kappa shape index (κ3) is 3.06. The molecule has 0 aromatic rings. The lowest BCUT2D eigenvalue weighted by Crippen LogP contribution is -2.50. The molecule has 0 radical (unpaired) electrons. The van der Waals surface area contributed by atoms with E-state index in [2.05, 4.69) is 0 Å². The highest BCUT2D eigenvalue weighted by atomic mass is 32.2. The van der Waals surface area contributed by atoms with E-state index in [1.807, 2.05) is 19.9 Å². The van der Waals surface area contributed by atoms with E-state index >= 15 is 0 Å². The van der Waals surface area contributed by atoms with Crippen LogP contribution in [0.15, 0.2) is 11.6 Å². The fourth-order valence-electron chi connectivity index (χ4n) is 2.19. The smallest absolute Gasteiger partial charge is 0.328 e. The van der Waals surface area contributed by atoms with Gasteiger partial charge in [-0.3, -0.25) is 0 Å². The highest BCUT2D eigenvalue weighted by Gasteiger charge is 2.46. The van der Waals surface area contributed by atoms with Crippen molar-refractivity contribution < 1.29 is 17.9 Å². The molecule has 0 N–H and O–H groups in total. The number of carbonyl (C=O) groups is 1. The van der Waals surface area contributed by atoms with Gasteiger partial charge in [0.25, 0.3) is 0 Å². The molecule has 0 fully saturated rings. The second-order valence-electron chi connectivity index (χ2n) is 6.20. The minimum atomic E-state index is -3.57. The van der Waals surface area contributed by atoms with E-state index in [0.29, 0.717) is 0 Å². The Kier molecular flexibility index (Phi) is 5.03. The van der Waals surface area contributed by atoms with Gasteiger partial charge in [-0.25, -0.2) is 13.2 Å². The third-order valence-electron chi connectivity index (χ3n) is 3.37. The first kappa shape index (κ1) is 17.2. The maximum Gasteiger partial charge on any atom is 0.328 e. The quantitative estimate of drug-likeness (QED) is 0.588. The van der Waals surface area contributed by atoms with Gasteiger partial charge in [0, 0.05) is 6.54 Å². The molecule has 5 nitrogen and oxygen atoms in total. The van der Waals surface area contributed by atoms with Crippen molar-refractivity contribution in [1.82, 2.24) is 4.31 Å². The van der Waals surface area contributed by atoms with Gasteiger partial charge in [-0.15, -0.1) is 0 Å². The zero-order valence-corrected chi connectivity index (χ0v) is 14.0. The van der Waals surface area contributed by atoms with Crippen LogP contribution in [0.3, 0.4) is 0 Å². The summed E-state index contributed by atoms with van der Waals surface area (Å²) in [7, 11) is -3.57. The van der Waals surface area contributed by atoms with Crippen LogP contribution in [0.2, 0.25) is 0 Å². The zero-order valence-electron chi connectivity index (χ0n) is 13.1. The lowest BCUT2D eigenvalue weighted by molar-refractivity contribution is -0.146. The first-order chi connectivity index (χ1) is 9.04. The number of rotatable bonds is 4. The summed E-state index contributed by atoms with van der Waals surface area (Å²) < 4.78 is 30.6. The second-order valence-corrected chi connectivity index (χ2v) is 8.84. The first-order valence-corrected chi connectivity index (χ1v) is 8.36. The Morgan fingerprint density at radius 1 is 1.45 bits per heavy atom. The highest BCUT2D eigenvalue weighted by molar-refractivity contribution is 7.90. The van der Waals surface area contributed by atoms with Crippen molar-refractivity contribution in [3.05, 3.63) is 11.6 Å². The summed E-state index contributed by atoms with van der Waals surface area (Å²) >= 11 is 0. The standard InChI is InChI=1S/C14H25NO4S/c1-7-19-13(16)12-11(10(2)3)8-9-15(12)20(17,18)14(4,5)6/h8,10,12H,7,9H2,1-6H3/t12-/m0/s1. The fraction of sp³-hybridized carbons (Fsp3) is 0.786. The topological polar surface area (TPSA) is 63.7 Å². The van der Waals surface area contributed by atoms with Crippen molar-refractivity contribution >= 4 is 16.0 Å². The SMILES string of the molecule is CCOC(=O)[C@@H]1C(C(C)C)=CCN1S(=O)(=O)C(C)(C)C. The molecule has 0 bridgehead atoms. The molecule has 1 rings (SSSR count). The molecule has 0 saturated heterocycles. The van der Waals surface area contributed by atoms with E-state index in [-0.39, 0.29) is 19.1 Å². The van der Waals surface area contributed by atoms with Crippen LogP contribution < -0.4 is 0 Å². The predicted octanol–water partition coefficient (Wildman–Crippen LogP) is 1.94. The molecule has 20 heavy (non-hydrogen) atoms. The summed E-state index contributed by atoms with van der Waals surface area (Å²) in [5.74, 6) is -0.387. The molecule has 1 aliphatic heterocycles. The van der Waals surface area contributed by atoms with E-state index in [9.17, 15) is 13.2 Å². The number of hydrogen-bond acceptors (Lipinski definition) is 4. The lowest BCUT2D eigenvalue weighted by atomic mass is 9.98. The molecule has 0 aromatic heterocycles. The Morgan fingerprint density at radius 2 is 2.00 bits per heavy atom. The number of ether oxygens (including phenoxy) is 1. The number of carbonyl (C=O) groups excluding carboxylic acids is 1. The van der Waals surface area contributed by atoms with Gasteiger partial charge in [0.1, 0.15) is 6.04 Å². The van der Waals surface area contributed by atoms with Gasteiger partial charge in [-0.2, -0.15) is 4.31 Å². The highest BCUT2D eigenvalue weighted by Crippen LogP contribution is 2.32. The molecule has 0 saturated carbocycles. The molecule has 1 atom stereocenters. The number of nitrogens with zero attached hydrogens (tertiary/aromatic N) is 1. The summed E-state index contributed by atoms with van der Waals surface area (Å²) in [6, 6.07) is -0.820. The molecule has 0 amide bonds. The van der Waals surface area contributed by atoms with Gasteiger partial charge < -0.3 is 4.74 Å². The van der Waals surface area contributed by atoms with Gasteiger partial charge in [0.15, 0.2) is 0 Å². The van der Waals surface area contributed by atoms with E-state index in [4.69, 9.17) is 4.74 Å². The van der Waals surface area contributed by atoms with E-state index in [1.54, 1.807) is 27.7 Å². The van der Waals surface area contributed by atoms with Crippen LogP contribution in [-0.2, 0) is 19.6 Å². The molecule has 0 aromatic carbocycles. The summed E-state index contributed by atoms with van der Waals surface area (Å²) in [6.45, 7) is 11.0. The maximum atomic E-state index is 12.6. The molecule has 0 aliphatic carbocycles. The monoisotopic (exact) mass is 303 g/mol. The fourth-order valence-corrected chi connectivity index (χ4v) is 3.65. The zero-order chi connectivity index (χ0) is 15.7. The van der Waals surface area contributed by atoms with Crippen LogP contribution in [0.1, 0.15) is 41.5 Å². The van der Waals surface area contributed by atoms with E-state index in [0.717, 1.165) is 5.57 Å². The van der Waals surface area contributed by atoms with Crippen LogP contribution in [0.4, 0.5) is 0 Å². The van der Waals surface area contributed by atoms with Gasteiger partial charge in [-0.05, 0) is 39.2 Å². The number of sulfonamides is 1. The Morgan fingerprint density at radius 3 is 2.40 bits per heavy atom. The Labute approximate surface area is 122 Å². The number of hydrogen-bond donors (Lipinski definition) is 0. The largest absolute Gasteiger partial charge is 0.465 e. The Balaban J connectivity index is 3.20. The average molecular weight is 303 g/mol. The minimum absolute atomic E-state index is 0.101. The van der Waals surface area contributed by atoms with Crippen LogP contribution in [0, 0.1) is 5.92 Å². The molecule has 1 heterocycles. The number of esters is 1. The molecule has 0 spiro atoms. The Hall–Kier alpha value is -0.880. The van der Waals surface area contributed by atoms with Crippen molar-refractivity contribution in [3.8, 4) is 0 Å². The van der Waals surface area contributed by atoms with Crippen LogP contribution in [-0.4, -0.2) is 42.6 Å². The van der Waals surface area contributed by atoms with Crippen molar-refractivity contribution in [2.45, 2.75) is 52.3 Å². The average Bonchev–Trinajstić information content (AvgIpc) is 2.72. The molecule has 0 unspecified atom stereocenters. The van der Waals surface area contributed by atoms with Gasteiger partial charge in [-0.1, -0.05) is 19.9 Å². The molecule has 1 aliphatic rings. The van der Waals surface area contributed by atoms with E-state index < -0.39 is 26.8 Å². The second kappa shape index (κ2) is 5.85. The summed E-state index contributed by atoms with van der Waals surface area (Å²) in [5.41, 5.74) is 0.816. The van der Waals surface area contributed by atoms with Gasteiger partial charge >= 0.3 is 5.97 Å². The van der Waals surface area contributed by atoms with Crippen molar-refractivity contribution in [1.29, 1.82) is 0 Å². The third-order valence-corrected chi connectivity index (χ3v) is 5.89. The summed E-state index contributed by atoms with van der Waals surface area (Å²) in [5, 5.41) is 0. The predicted molar refractivity (Wildman–Crippen MR) is 78.7 cm³/mol. The van der Waals surface area contributed by atoms with Gasteiger partial charge in [0.2, 0.25) is 10.0 Å². The molecular weight excluding hydrogens is 278 g/mol. The molecule has 6 heteroatoms. The Bertz CT molecular complexity index is 500. The summed E-state index contributed by atoms with van der Waals surface area (Å²) in [6.07, 6.45) is 1.83. The maximum absolute atomic E-state index is 12.6. The minimum Gasteiger partial charge on any atom is -0.465 e. The van der Waals surface area contributed by atoms with Crippen molar-refractivity contribution in [3.63, 3.8) is 0 Å². The summed E-state index contributed by atoms with van der Waals surface area (Å²) in [4.78, 5) is 12.2. The molecule has 116 valence electrons. The van der Waals surface area contributed by atoms with E-state index in [1.165, 1.54) is 4.31 Å². The van der Waals surface area contributed by atoms with Crippen molar-refractivity contribution in [2.75, 3.05) is 13.2 Å². The van der Waals surface area contributed by atoms with Crippen LogP contribution in [0.5, 0.6) is 0 Å². The van der Waals surface area contributed by atoms with Gasteiger partial charge in [0.05, 0.1) is 11.4 Å². The first-order valence-electron chi connectivity index (χ1n) is 6.92. The lowest BCUT2D eigenvalue weighted by Gasteiger charge is -2.31. The van der Waals surface area contributed by atoms with Crippen LogP contribution in [0.25, 0.3) is 0 Å². The van der Waals surface area contributed by atoms with Crippen molar-refractivity contribution in [2.24, 2.45) is 5.92 Å².